The van der Waals surface area contributed by atoms with Crippen LogP contribution in [0.15, 0.2) is 30.6 Å². The van der Waals surface area contributed by atoms with Crippen LogP contribution < -0.4 is 5.32 Å². The first-order valence-corrected chi connectivity index (χ1v) is 9.29. The highest BCUT2D eigenvalue weighted by Crippen LogP contribution is 2.42. The van der Waals surface area contributed by atoms with E-state index in [0.29, 0.717) is 11.1 Å². The van der Waals surface area contributed by atoms with E-state index in [1.54, 1.807) is 24.4 Å². The first kappa shape index (κ1) is 18.9. The lowest BCUT2D eigenvalue weighted by molar-refractivity contribution is -0.117. The zero-order chi connectivity index (χ0) is 21.2. The third-order valence-corrected chi connectivity index (χ3v) is 5.45. The van der Waals surface area contributed by atoms with Crippen LogP contribution >= 0.6 is 11.6 Å². The summed E-state index contributed by atoms with van der Waals surface area (Å²) in [5.74, 6) is -2.09. The van der Waals surface area contributed by atoms with Gasteiger partial charge in [-0.3, -0.25) is 9.89 Å². The Morgan fingerprint density at radius 1 is 1.37 bits per heavy atom. The molecule has 0 saturated heterocycles. The minimum atomic E-state index is -3.07. The van der Waals surface area contributed by atoms with Gasteiger partial charge in [-0.25, -0.2) is 22.1 Å². The number of aromatic amines is 1. The van der Waals surface area contributed by atoms with Crippen LogP contribution in [0.3, 0.4) is 0 Å². The maximum atomic E-state index is 14.6. The largest absolute Gasteiger partial charge is 0.309 e. The molecule has 11 heteroatoms. The Morgan fingerprint density at radius 3 is 2.83 bits per heavy atom. The molecule has 1 fully saturated rings. The van der Waals surface area contributed by atoms with Gasteiger partial charge in [0.25, 0.3) is 6.43 Å². The van der Waals surface area contributed by atoms with Gasteiger partial charge in [-0.1, -0.05) is 11.6 Å². The molecule has 1 saturated carbocycles. The Labute approximate surface area is 170 Å². The number of anilines is 1. The summed E-state index contributed by atoms with van der Waals surface area (Å²) in [4.78, 5) is 11.9. The first-order chi connectivity index (χ1) is 14.3. The second kappa shape index (κ2) is 6.69. The maximum Gasteiger partial charge on any atom is 0.268 e. The number of carbonyl (C=O) groups is 1. The summed E-state index contributed by atoms with van der Waals surface area (Å²) < 4.78 is 55.8. The van der Waals surface area contributed by atoms with E-state index in [2.05, 4.69) is 20.6 Å². The Bertz CT molecular complexity index is 1320. The Kier molecular flexibility index (Phi) is 4.21. The third-order valence-electron chi connectivity index (χ3n) is 5.10. The number of hydrogen-bond donors (Lipinski definition) is 2. The van der Waals surface area contributed by atoms with E-state index in [0.717, 1.165) is 0 Å². The molecule has 6 nitrogen and oxygen atoms in total. The summed E-state index contributed by atoms with van der Waals surface area (Å²) in [5.41, 5.74) is 0.213. The van der Waals surface area contributed by atoms with Gasteiger partial charge in [0.2, 0.25) is 5.91 Å². The van der Waals surface area contributed by atoms with Crippen LogP contribution in [0.5, 0.6) is 0 Å². The monoisotopic (exact) mass is 437 g/mol. The molecule has 154 valence electrons. The fraction of sp³-hybridized carbons (Fsp3) is 0.211. The summed E-state index contributed by atoms with van der Waals surface area (Å²) in [6, 6.07) is 4.76. The van der Waals surface area contributed by atoms with E-state index in [1.165, 1.54) is 10.7 Å². The standard InChI is InChI=1S/C19H12ClF4N5O/c20-15-13(10-6-25-27-17(10)14(16(15)22)18(23)24)7-1-2-29-8(3-7)4-12(28-29)26-19(30)9-5-11(9)21/h1-4,6,9,11,18H,5H2,(H,25,27)(H,26,28,30). The van der Waals surface area contributed by atoms with Crippen LogP contribution in [0.25, 0.3) is 27.5 Å². The zero-order valence-electron chi connectivity index (χ0n) is 15.0. The minimum Gasteiger partial charge on any atom is -0.309 e. The van der Waals surface area contributed by atoms with Crippen molar-refractivity contribution in [2.75, 3.05) is 5.32 Å². The molecule has 0 aliphatic heterocycles. The van der Waals surface area contributed by atoms with Gasteiger partial charge in [-0.2, -0.15) is 10.2 Å². The molecule has 2 unspecified atom stereocenters. The molecule has 1 amide bonds. The average Bonchev–Trinajstić information content (AvgIpc) is 3.08. The van der Waals surface area contributed by atoms with Gasteiger partial charge < -0.3 is 5.32 Å². The summed E-state index contributed by atoms with van der Waals surface area (Å²) in [6.45, 7) is 0. The molecule has 3 aromatic heterocycles. The second-order valence-electron chi connectivity index (χ2n) is 7.04. The van der Waals surface area contributed by atoms with Crippen LogP contribution in [-0.4, -0.2) is 31.9 Å². The van der Waals surface area contributed by atoms with E-state index >= 15 is 0 Å². The Morgan fingerprint density at radius 2 is 2.13 bits per heavy atom. The van der Waals surface area contributed by atoms with Gasteiger partial charge >= 0.3 is 0 Å². The highest BCUT2D eigenvalue weighted by molar-refractivity contribution is 6.35. The maximum absolute atomic E-state index is 14.6. The summed E-state index contributed by atoms with van der Waals surface area (Å²) in [7, 11) is 0. The van der Waals surface area contributed by atoms with E-state index in [1.807, 2.05) is 0 Å². The number of carbonyl (C=O) groups excluding carboxylic acids is 1. The van der Waals surface area contributed by atoms with Crippen molar-refractivity contribution in [3.05, 3.63) is 47.0 Å². The van der Waals surface area contributed by atoms with Gasteiger partial charge in [0.1, 0.15) is 6.17 Å². The summed E-state index contributed by atoms with van der Waals surface area (Å²) >= 11 is 6.13. The minimum absolute atomic E-state index is 0.131. The van der Waals surface area contributed by atoms with Gasteiger partial charge in [-0.05, 0) is 24.1 Å². The molecule has 5 rings (SSSR count). The highest BCUT2D eigenvalue weighted by Gasteiger charge is 2.43. The Hall–Kier alpha value is -3.14. The van der Waals surface area contributed by atoms with Crippen LogP contribution in [0, 0.1) is 11.7 Å². The summed E-state index contributed by atoms with van der Waals surface area (Å²) in [6.07, 6.45) is -1.14. The van der Waals surface area contributed by atoms with Crippen molar-refractivity contribution in [1.29, 1.82) is 0 Å². The van der Waals surface area contributed by atoms with Crippen LogP contribution in [0.4, 0.5) is 23.4 Å². The normalized spacial score (nSPS) is 18.5. The molecule has 30 heavy (non-hydrogen) atoms. The number of H-pyrrole nitrogens is 1. The number of amides is 1. The third kappa shape index (κ3) is 2.90. The van der Waals surface area contributed by atoms with Crippen molar-refractivity contribution < 1.29 is 22.4 Å². The van der Waals surface area contributed by atoms with Crippen molar-refractivity contribution in [3.63, 3.8) is 0 Å². The quantitative estimate of drug-likeness (QED) is 0.446. The topological polar surface area (TPSA) is 75.1 Å². The molecule has 4 aromatic rings. The zero-order valence-corrected chi connectivity index (χ0v) is 15.7. The molecule has 3 heterocycles. The molecule has 1 aliphatic rings. The lowest BCUT2D eigenvalue weighted by atomic mass is 9.99. The van der Waals surface area contributed by atoms with Crippen molar-refractivity contribution in [3.8, 4) is 11.1 Å². The predicted molar refractivity (Wildman–Crippen MR) is 102 cm³/mol. The lowest BCUT2D eigenvalue weighted by Gasteiger charge is -2.12. The highest BCUT2D eigenvalue weighted by atomic mass is 35.5. The van der Waals surface area contributed by atoms with E-state index in [9.17, 15) is 22.4 Å². The SMILES string of the molecule is O=C(Nc1cc2cc(-c3c(Cl)c(F)c(C(F)F)c4[nH]ncc34)ccn2n1)C1CC1F. The number of benzene rings is 1. The first-order valence-electron chi connectivity index (χ1n) is 8.92. The Balaban J connectivity index is 1.59. The van der Waals surface area contributed by atoms with Gasteiger partial charge in [0, 0.05) is 23.2 Å². The number of rotatable bonds is 4. The van der Waals surface area contributed by atoms with Crippen molar-refractivity contribution >= 4 is 39.7 Å². The lowest BCUT2D eigenvalue weighted by Crippen LogP contribution is -2.15. The number of aromatic nitrogens is 4. The average molecular weight is 438 g/mol. The molecule has 1 aromatic carbocycles. The fourth-order valence-corrected chi connectivity index (χ4v) is 3.80. The number of alkyl halides is 3. The molecular weight excluding hydrogens is 426 g/mol. The molecular formula is C19H12ClF4N5O. The molecule has 0 radical (unpaired) electrons. The molecule has 2 atom stereocenters. The van der Waals surface area contributed by atoms with Crippen LogP contribution in [-0.2, 0) is 4.79 Å². The van der Waals surface area contributed by atoms with Crippen LogP contribution in [0.2, 0.25) is 5.02 Å². The van der Waals surface area contributed by atoms with Crippen molar-refractivity contribution in [2.24, 2.45) is 5.92 Å². The van der Waals surface area contributed by atoms with Gasteiger partial charge in [0.05, 0.1) is 33.7 Å². The fourth-order valence-electron chi connectivity index (χ4n) is 3.49. The summed E-state index contributed by atoms with van der Waals surface area (Å²) in [5, 5.41) is 12.7. The number of nitrogens with zero attached hydrogens (tertiary/aromatic N) is 3. The molecule has 0 bridgehead atoms. The van der Waals surface area contributed by atoms with E-state index in [-0.39, 0.29) is 28.7 Å². The number of nitrogens with one attached hydrogen (secondary N) is 2. The smallest absolute Gasteiger partial charge is 0.268 e. The van der Waals surface area contributed by atoms with Crippen molar-refractivity contribution in [1.82, 2.24) is 19.8 Å². The predicted octanol–water partition coefficient (Wildman–Crippen LogP) is 4.90. The molecule has 1 aliphatic carbocycles. The van der Waals surface area contributed by atoms with E-state index in [4.69, 9.17) is 11.6 Å². The number of halogens is 5. The molecule has 2 N–H and O–H groups in total. The van der Waals surface area contributed by atoms with E-state index < -0.39 is 40.8 Å². The van der Waals surface area contributed by atoms with Gasteiger partial charge in [0.15, 0.2) is 11.6 Å². The van der Waals surface area contributed by atoms with Crippen molar-refractivity contribution in [2.45, 2.75) is 19.0 Å². The number of fused-ring (bicyclic) bond motifs is 2. The van der Waals surface area contributed by atoms with Crippen LogP contribution in [0.1, 0.15) is 18.4 Å². The number of pyridine rings is 1. The molecule has 0 spiro atoms. The second-order valence-corrected chi connectivity index (χ2v) is 7.42. The number of hydrogen-bond acceptors (Lipinski definition) is 3. The van der Waals surface area contributed by atoms with Gasteiger partial charge in [-0.15, -0.1) is 0 Å².